The molecule has 0 amide bonds. The smallest absolute Gasteiger partial charge is 0.191 e. The number of guanidine groups is 1. The Morgan fingerprint density at radius 3 is 2.62 bits per heavy atom. The minimum atomic E-state index is -2.93. The zero-order chi connectivity index (χ0) is 17.3. The fourth-order valence-corrected chi connectivity index (χ4v) is 2.74. The van der Waals surface area contributed by atoms with E-state index in [4.69, 9.17) is 0 Å². The predicted molar refractivity (Wildman–Crippen MR) is 111 cm³/mol. The number of hydrogen-bond donors (Lipinski definition) is 2. The Hall–Kier alpha value is -0.900. The van der Waals surface area contributed by atoms with Gasteiger partial charge in [0.05, 0.1) is 5.75 Å². The Bertz CT molecular complexity index is 603. The van der Waals surface area contributed by atoms with E-state index in [2.05, 4.69) is 26.7 Å². The van der Waals surface area contributed by atoms with Crippen LogP contribution in [0.15, 0.2) is 23.3 Å². The summed E-state index contributed by atoms with van der Waals surface area (Å²) in [4.78, 5) is 8.81. The summed E-state index contributed by atoms with van der Waals surface area (Å²) in [7, 11) is -2.93. The van der Waals surface area contributed by atoms with Crippen LogP contribution in [0.3, 0.4) is 0 Å². The standard InChI is InChI=1S/C16H28N4O2S.HI/c1-5-17-16(20-14(3)9-11-23(4,21)22)18-10-8-15-7-6-13(2)19-12-15;/h6-7,12,14H,5,8-11H2,1-4H3,(H2,17,18,20);1H. The van der Waals surface area contributed by atoms with Gasteiger partial charge >= 0.3 is 0 Å². The molecule has 1 unspecified atom stereocenters. The lowest BCUT2D eigenvalue weighted by atomic mass is 10.2. The lowest BCUT2D eigenvalue weighted by Crippen LogP contribution is -2.43. The van der Waals surface area contributed by atoms with E-state index in [1.807, 2.05) is 33.0 Å². The van der Waals surface area contributed by atoms with E-state index in [0.29, 0.717) is 18.9 Å². The maximum absolute atomic E-state index is 11.2. The van der Waals surface area contributed by atoms with Crippen molar-refractivity contribution in [2.24, 2.45) is 4.99 Å². The maximum atomic E-state index is 11.2. The van der Waals surface area contributed by atoms with Crippen LogP contribution in [-0.4, -0.2) is 50.5 Å². The monoisotopic (exact) mass is 468 g/mol. The van der Waals surface area contributed by atoms with Crippen molar-refractivity contribution < 1.29 is 8.42 Å². The summed E-state index contributed by atoms with van der Waals surface area (Å²) in [5.41, 5.74) is 2.16. The van der Waals surface area contributed by atoms with Gasteiger partial charge in [-0.15, -0.1) is 24.0 Å². The molecule has 2 N–H and O–H groups in total. The highest BCUT2D eigenvalue weighted by molar-refractivity contribution is 14.0. The molecule has 0 bridgehead atoms. The van der Waals surface area contributed by atoms with Crippen LogP contribution in [0, 0.1) is 6.92 Å². The molecular weight excluding hydrogens is 439 g/mol. The molecule has 1 aromatic rings. The van der Waals surface area contributed by atoms with Crippen molar-refractivity contribution in [2.75, 3.05) is 25.1 Å². The van der Waals surface area contributed by atoms with Crippen LogP contribution in [0.2, 0.25) is 0 Å². The highest BCUT2D eigenvalue weighted by Crippen LogP contribution is 2.00. The van der Waals surface area contributed by atoms with Crippen LogP contribution in [0.5, 0.6) is 0 Å². The van der Waals surface area contributed by atoms with Gasteiger partial charge in [0.15, 0.2) is 5.96 Å². The van der Waals surface area contributed by atoms with Crippen LogP contribution in [0.4, 0.5) is 0 Å². The molecule has 0 saturated heterocycles. The Kier molecular flexibility index (Phi) is 11.2. The third-order valence-electron chi connectivity index (χ3n) is 3.29. The SMILES string of the molecule is CCNC(=NCCc1ccc(C)nc1)NC(C)CCS(C)(=O)=O.I. The number of aromatic nitrogens is 1. The average molecular weight is 468 g/mol. The van der Waals surface area contributed by atoms with E-state index in [0.717, 1.165) is 24.2 Å². The first kappa shape index (κ1) is 23.1. The molecule has 0 aliphatic carbocycles. The largest absolute Gasteiger partial charge is 0.357 e. The molecule has 0 aromatic carbocycles. The number of aryl methyl sites for hydroxylation is 1. The normalized spacial score (nSPS) is 13.1. The molecule has 0 saturated carbocycles. The highest BCUT2D eigenvalue weighted by atomic mass is 127. The number of halogens is 1. The molecule has 8 heteroatoms. The molecule has 0 spiro atoms. The van der Waals surface area contributed by atoms with Crippen molar-refractivity contribution in [3.8, 4) is 0 Å². The molecule has 0 radical (unpaired) electrons. The van der Waals surface area contributed by atoms with Gasteiger partial charge in [-0.3, -0.25) is 9.98 Å². The van der Waals surface area contributed by atoms with Crippen molar-refractivity contribution in [1.82, 2.24) is 15.6 Å². The van der Waals surface area contributed by atoms with Crippen LogP contribution in [0.25, 0.3) is 0 Å². The van der Waals surface area contributed by atoms with E-state index in [1.165, 1.54) is 6.26 Å². The fourth-order valence-electron chi connectivity index (χ4n) is 1.96. The van der Waals surface area contributed by atoms with Gasteiger partial charge in [-0.1, -0.05) is 6.07 Å². The number of nitrogens with one attached hydrogen (secondary N) is 2. The Balaban J connectivity index is 0.00000529. The third-order valence-corrected chi connectivity index (χ3v) is 4.27. The van der Waals surface area contributed by atoms with Crippen LogP contribution >= 0.6 is 24.0 Å². The molecule has 6 nitrogen and oxygen atoms in total. The van der Waals surface area contributed by atoms with Crippen molar-refractivity contribution in [1.29, 1.82) is 0 Å². The molecule has 0 aliphatic heterocycles. The summed E-state index contributed by atoms with van der Waals surface area (Å²) in [5.74, 6) is 0.892. The van der Waals surface area contributed by atoms with Gasteiger partial charge in [0.25, 0.3) is 0 Å². The van der Waals surface area contributed by atoms with Gasteiger partial charge in [-0.25, -0.2) is 8.42 Å². The van der Waals surface area contributed by atoms with Crippen molar-refractivity contribution in [3.63, 3.8) is 0 Å². The van der Waals surface area contributed by atoms with E-state index in [1.54, 1.807) is 0 Å². The lowest BCUT2D eigenvalue weighted by Gasteiger charge is -2.17. The van der Waals surface area contributed by atoms with Gasteiger partial charge in [-0.2, -0.15) is 0 Å². The molecule has 24 heavy (non-hydrogen) atoms. The second kappa shape index (κ2) is 11.6. The first-order chi connectivity index (χ1) is 10.8. The minimum absolute atomic E-state index is 0. The van der Waals surface area contributed by atoms with E-state index < -0.39 is 9.84 Å². The van der Waals surface area contributed by atoms with Gasteiger partial charge in [0, 0.05) is 37.3 Å². The van der Waals surface area contributed by atoms with Gasteiger partial charge < -0.3 is 10.6 Å². The predicted octanol–water partition coefficient (Wildman–Crippen LogP) is 1.93. The second-order valence-electron chi connectivity index (χ2n) is 5.78. The quantitative estimate of drug-likeness (QED) is 0.346. The fraction of sp³-hybridized carbons (Fsp3) is 0.625. The summed E-state index contributed by atoms with van der Waals surface area (Å²) in [6.45, 7) is 7.34. The number of hydrogen-bond acceptors (Lipinski definition) is 4. The molecule has 138 valence electrons. The Labute approximate surface area is 162 Å². The van der Waals surface area contributed by atoms with E-state index in [-0.39, 0.29) is 35.8 Å². The molecule has 0 aliphatic rings. The number of sulfone groups is 1. The average Bonchev–Trinajstić information content (AvgIpc) is 2.47. The van der Waals surface area contributed by atoms with Gasteiger partial charge in [0.1, 0.15) is 9.84 Å². The summed E-state index contributed by atoms with van der Waals surface area (Å²) >= 11 is 0. The molecule has 1 atom stereocenters. The van der Waals surface area contributed by atoms with Crippen LogP contribution in [0.1, 0.15) is 31.5 Å². The molecule has 1 rings (SSSR count). The first-order valence-electron chi connectivity index (χ1n) is 7.94. The Morgan fingerprint density at radius 2 is 2.08 bits per heavy atom. The second-order valence-corrected chi connectivity index (χ2v) is 8.04. The zero-order valence-corrected chi connectivity index (χ0v) is 18.0. The number of pyridine rings is 1. The molecular formula is C16H29IN4O2S. The molecule has 1 aromatic heterocycles. The van der Waals surface area contributed by atoms with E-state index >= 15 is 0 Å². The number of rotatable bonds is 8. The van der Waals surface area contributed by atoms with Gasteiger partial charge in [-0.05, 0) is 45.2 Å². The zero-order valence-electron chi connectivity index (χ0n) is 14.9. The summed E-state index contributed by atoms with van der Waals surface area (Å²) in [6, 6.07) is 4.10. The first-order valence-corrected chi connectivity index (χ1v) is 10.0. The van der Waals surface area contributed by atoms with Crippen LogP contribution in [-0.2, 0) is 16.3 Å². The number of aliphatic imine (C=N–C) groups is 1. The molecule has 0 fully saturated rings. The van der Waals surface area contributed by atoms with Crippen molar-refractivity contribution in [2.45, 2.75) is 39.7 Å². The van der Waals surface area contributed by atoms with E-state index in [9.17, 15) is 8.42 Å². The van der Waals surface area contributed by atoms with Crippen molar-refractivity contribution in [3.05, 3.63) is 29.6 Å². The van der Waals surface area contributed by atoms with Crippen molar-refractivity contribution >= 4 is 39.8 Å². The third kappa shape index (κ3) is 10.8. The Morgan fingerprint density at radius 1 is 1.38 bits per heavy atom. The topological polar surface area (TPSA) is 83.4 Å². The summed E-state index contributed by atoms with van der Waals surface area (Å²) in [6.07, 6.45) is 4.52. The highest BCUT2D eigenvalue weighted by Gasteiger charge is 2.09. The van der Waals surface area contributed by atoms with Gasteiger partial charge in [0.2, 0.25) is 0 Å². The molecule has 1 heterocycles. The van der Waals surface area contributed by atoms with Crippen LogP contribution < -0.4 is 10.6 Å². The summed E-state index contributed by atoms with van der Waals surface area (Å²) in [5, 5.41) is 6.42. The maximum Gasteiger partial charge on any atom is 0.191 e. The lowest BCUT2D eigenvalue weighted by molar-refractivity contribution is 0.581. The minimum Gasteiger partial charge on any atom is -0.357 e. The number of nitrogens with zero attached hydrogens (tertiary/aromatic N) is 2. The summed E-state index contributed by atoms with van der Waals surface area (Å²) < 4.78 is 22.4.